The Morgan fingerprint density at radius 3 is 2.82 bits per heavy atom. The second-order valence-electron chi connectivity index (χ2n) is 3.66. The standard InChI is InChI=1S/C13H19NO2S/c1-16-13(15)11-7-3-4-8-12(11)14-9-5-6-10-17-2/h3-4,7-8,14H,5-6,9-10H2,1-2H3. The molecule has 0 heterocycles. The van der Waals surface area contributed by atoms with Crippen LogP contribution in [0.1, 0.15) is 23.2 Å². The third-order valence-corrected chi connectivity index (χ3v) is 3.12. The summed E-state index contributed by atoms with van der Waals surface area (Å²) in [6, 6.07) is 7.43. The molecular formula is C13H19NO2S. The van der Waals surface area contributed by atoms with E-state index in [9.17, 15) is 4.79 Å². The maximum atomic E-state index is 11.5. The van der Waals surface area contributed by atoms with Gasteiger partial charge in [0.15, 0.2) is 0 Å². The predicted octanol–water partition coefficient (Wildman–Crippen LogP) is 3.03. The van der Waals surface area contributed by atoms with Crippen LogP contribution in [0, 0.1) is 0 Å². The van der Waals surface area contributed by atoms with Crippen LogP contribution in [0.15, 0.2) is 24.3 Å². The fraction of sp³-hybridized carbons (Fsp3) is 0.462. The van der Waals surface area contributed by atoms with Crippen molar-refractivity contribution in [1.29, 1.82) is 0 Å². The van der Waals surface area contributed by atoms with Gasteiger partial charge in [0.1, 0.15) is 0 Å². The maximum Gasteiger partial charge on any atom is 0.339 e. The number of hydrogen-bond acceptors (Lipinski definition) is 4. The van der Waals surface area contributed by atoms with Crippen LogP contribution in [-0.2, 0) is 4.74 Å². The first kappa shape index (κ1) is 13.9. The van der Waals surface area contributed by atoms with Gasteiger partial charge >= 0.3 is 5.97 Å². The molecule has 0 aromatic heterocycles. The van der Waals surface area contributed by atoms with Crippen molar-refractivity contribution >= 4 is 23.4 Å². The number of unbranched alkanes of at least 4 members (excludes halogenated alkanes) is 1. The molecule has 1 rings (SSSR count). The summed E-state index contributed by atoms with van der Waals surface area (Å²) >= 11 is 1.86. The van der Waals surface area contributed by atoms with E-state index in [4.69, 9.17) is 4.74 Å². The van der Waals surface area contributed by atoms with E-state index in [2.05, 4.69) is 11.6 Å². The van der Waals surface area contributed by atoms with Gasteiger partial charge < -0.3 is 10.1 Å². The van der Waals surface area contributed by atoms with Gasteiger partial charge in [-0.05, 0) is 37.0 Å². The van der Waals surface area contributed by atoms with Gasteiger partial charge in [-0.15, -0.1) is 0 Å². The molecule has 4 heteroatoms. The lowest BCUT2D eigenvalue weighted by Crippen LogP contribution is -2.09. The number of para-hydroxylation sites is 1. The van der Waals surface area contributed by atoms with Crippen LogP contribution in [0.5, 0.6) is 0 Å². The lowest BCUT2D eigenvalue weighted by atomic mass is 10.1. The van der Waals surface area contributed by atoms with Crippen molar-refractivity contribution in [2.75, 3.05) is 31.0 Å². The molecule has 0 saturated carbocycles. The molecule has 0 spiro atoms. The molecule has 0 amide bonds. The van der Waals surface area contributed by atoms with E-state index in [-0.39, 0.29) is 5.97 Å². The zero-order chi connectivity index (χ0) is 12.5. The highest BCUT2D eigenvalue weighted by Gasteiger charge is 2.09. The Morgan fingerprint density at radius 2 is 2.12 bits per heavy atom. The minimum atomic E-state index is -0.294. The van der Waals surface area contributed by atoms with E-state index in [0.717, 1.165) is 18.7 Å². The summed E-state index contributed by atoms with van der Waals surface area (Å²) in [7, 11) is 1.40. The van der Waals surface area contributed by atoms with Crippen molar-refractivity contribution in [3.63, 3.8) is 0 Å². The monoisotopic (exact) mass is 253 g/mol. The Kier molecular flexibility index (Phi) is 6.55. The predicted molar refractivity (Wildman–Crippen MR) is 73.9 cm³/mol. The van der Waals surface area contributed by atoms with Crippen molar-refractivity contribution in [3.8, 4) is 0 Å². The first-order valence-corrected chi connectivity index (χ1v) is 7.09. The number of thioether (sulfide) groups is 1. The van der Waals surface area contributed by atoms with Crippen LogP contribution >= 0.6 is 11.8 Å². The average molecular weight is 253 g/mol. The Bertz CT molecular complexity index is 355. The number of rotatable bonds is 7. The maximum absolute atomic E-state index is 11.5. The molecule has 3 nitrogen and oxygen atoms in total. The summed E-state index contributed by atoms with van der Waals surface area (Å²) in [5.41, 5.74) is 1.45. The number of carbonyl (C=O) groups excluding carboxylic acids is 1. The Morgan fingerprint density at radius 1 is 1.35 bits per heavy atom. The van der Waals surface area contributed by atoms with Crippen LogP contribution < -0.4 is 5.32 Å². The highest BCUT2D eigenvalue weighted by molar-refractivity contribution is 7.98. The summed E-state index contributed by atoms with van der Waals surface area (Å²) in [5, 5.41) is 3.28. The summed E-state index contributed by atoms with van der Waals surface area (Å²) in [6.45, 7) is 0.883. The normalized spacial score (nSPS) is 10.0. The van der Waals surface area contributed by atoms with E-state index in [1.54, 1.807) is 6.07 Å². The van der Waals surface area contributed by atoms with Gasteiger partial charge in [0.2, 0.25) is 0 Å². The highest BCUT2D eigenvalue weighted by Crippen LogP contribution is 2.16. The first-order valence-electron chi connectivity index (χ1n) is 5.69. The molecule has 17 heavy (non-hydrogen) atoms. The molecule has 1 aromatic rings. The van der Waals surface area contributed by atoms with Gasteiger partial charge in [0.25, 0.3) is 0 Å². The van der Waals surface area contributed by atoms with Gasteiger partial charge in [0.05, 0.1) is 12.7 Å². The van der Waals surface area contributed by atoms with E-state index >= 15 is 0 Å². The Labute approximate surface area is 107 Å². The zero-order valence-electron chi connectivity index (χ0n) is 10.4. The second-order valence-corrected chi connectivity index (χ2v) is 4.65. The van der Waals surface area contributed by atoms with Crippen molar-refractivity contribution in [2.24, 2.45) is 0 Å². The van der Waals surface area contributed by atoms with Gasteiger partial charge in [-0.1, -0.05) is 12.1 Å². The molecule has 0 unspecified atom stereocenters. The van der Waals surface area contributed by atoms with E-state index in [0.29, 0.717) is 5.56 Å². The van der Waals surface area contributed by atoms with E-state index in [1.807, 2.05) is 30.0 Å². The quantitative estimate of drug-likeness (QED) is 0.599. The molecule has 0 bridgehead atoms. The molecule has 94 valence electrons. The van der Waals surface area contributed by atoms with Crippen LogP contribution in [0.25, 0.3) is 0 Å². The summed E-state index contributed by atoms with van der Waals surface area (Å²) in [5.74, 6) is 0.887. The summed E-state index contributed by atoms with van der Waals surface area (Å²) in [4.78, 5) is 11.5. The van der Waals surface area contributed by atoms with Gasteiger partial charge in [-0.2, -0.15) is 11.8 Å². The average Bonchev–Trinajstić information content (AvgIpc) is 2.38. The topological polar surface area (TPSA) is 38.3 Å². The number of hydrogen-bond donors (Lipinski definition) is 1. The molecule has 0 radical (unpaired) electrons. The SMILES string of the molecule is COC(=O)c1ccccc1NCCCCSC. The third kappa shape index (κ3) is 4.69. The van der Waals surface area contributed by atoms with Gasteiger partial charge in [-0.25, -0.2) is 4.79 Å². The lowest BCUT2D eigenvalue weighted by Gasteiger charge is -2.10. The largest absolute Gasteiger partial charge is 0.465 e. The van der Waals surface area contributed by atoms with E-state index < -0.39 is 0 Å². The molecule has 1 aromatic carbocycles. The van der Waals surface area contributed by atoms with Gasteiger partial charge in [-0.3, -0.25) is 0 Å². The van der Waals surface area contributed by atoms with Gasteiger partial charge in [0, 0.05) is 12.2 Å². The van der Waals surface area contributed by atoms with Crippen LogP contribution in [0.4, 0.5) is 5.69 Å². The number of anilines is 1. The van der Waals surface area contributed by atoms with Crippen molar-refractivity contribution in [3.05, 3.63) is 29.8 Å². The van der Waals surface area contributed by atoms with Crippen molar-refractivity contribution in [2.45, 2.75) is 12.8 Å². The smallest absolute Gasteiger partial charge is 0.339 e. The third-order valence-electron chi connectivity index (χ3n) is 2.42. The van der Waals surface area contributed by atoms with Crippen LogP contribution in [0.3, 0.4) is 0 Å². The van der Waals surface area contributed by atoms with Crippen molar-refractivity contribution < 1.29 is 9.53 Å². The number of ether oxygens (including phenoxy) is 1. The van der Waals surface area contributed by atoms with Crippen LogP contribution in [0.2, 0.25) is 0 Å². The fourth-order valence-electron chi connectivity index (χ4n) is 1.52. The number of carbonyl (C=O) groups is 1. The first-order chi connectivity index (χ1) is 8.29. The second kappa shape index (κ2) is 8.01. The summed E-state index contributed by atoms with van der Waals surface area (Å²) in [6.07, 6.45) is 4.41. The molecule has 0 aliphatic carbocycles. The zero-order valence-corrected chi connectivity index (χ0v) is 11.2. The minimum absolute atomic E-state index is 0.294. The Balaban J connectivity index is 2.49. The lowest BCUT2D eigenvalue weighted by molar-refractivity contribution is 0.0602. The molecule has 0 fully saturated rings. The molecule has 1 N–H and O–H groups in total. The number of benzene rings is 1. The molecular weight excluding hydrogens is 234 g/mol. The molecule has 0 aliphatic rings. The molecule has 0 aliphatic heterocycles. The molecule has 0 saturated heterocycles. The highest BCUT2D eigenvalue weighted by atomic mass is 32.2. The number of methoxy groups -OCH3 is 1. The minimum Gasteiger partial charge on any atom is -0.465 e. The number of esters is 1. The van der Waals surface area contributed by atoms with Crippen LogP contribution in [-0.4, -0.2) is 31.6 Å². The number of nitrogens with one attached hydrogen (secondary N) is 1. The molecule has 0 atom stereocenters. The Hall–Kier alpha value is -1.16. The van der Waals surface area contributed by atoms with Crippen molar-refractivity contribution in [1.82, 2.24) is 0 Å². The van der Waals surface area contributed by atoms with E-state index in [1.165, 1.54) is 19.3 Å². The summed E-state index contributed by atoms with van der Waals surface area (Å²) < 4.78 is 4.74. The fourth-order valence-corrected chi connectivity index (χ4v) is 2.01.